The number of fused-ring (bicyclic) bond motifs is 1. The summed E-state index contributed by atoms with van der Waals surface area (Å²) in [6.45, 7) is 3.29. The molecule has 0 N–H and O–H groups in total. The van der Waals surface area contributed by atoms with Gasteiger partial charge in [0.1, 0.15) is 11.5 Å². The zero-order chi connectivity index (χ0) is 16.3. The van der Waals surface area contributed by atoms with E-state index in [-0.39, 0.29) is 12.4 Å². The van der Waals surface area contributed by atoms with Gasteiger partial charge in [-0.15, -0.1) is 0 Å². The first-order valence-electron chi connectivity index (χ1n) is 6.63. The van der Waals surface area contributed by atoms with Crippen molar-refractivity contribution in [3.63, 3.8) is 0 Å². The molecule has 0 amide bonds. The van der Waals surface area contributed by atoms with Gasteiger partial charge in [-0.3, -0.25) is 4.79 Å². The molecule has 0 aromatic heterocycles. The molecule has 0 aliphatic rings. The number of ether oxygens (including phenoxy) is 3. The Bertz CT molecular complexity index is 739. The summed E-state index contributed by atoms with van der Waals surface area (Å²) < 4.78 is 16.3. The third-order valence-corrected chi connectivity index (χ3v) is 3.66. The lowest BCUT2D eigenvalue weighted by Gasteiger charge is -2.13. The molecular weight excluding hydrogens is 352 g/mol. The van der Waals surface area contributed by atoms with Gasteiger partial charge in [0, 0.05) is 16.8 Å². The van der Waals surface area contributed by atoms with Gasteiger partial charge in [0.05, 0.1) is 24.7 Å². The van der Waals surface area contributed by atoms with Crippen LogP contribution in [0.15, 0.2) is 28.7 Å². The van der Waals surface area contributed by atoms with Crippen LogP contribution in [0.1, 0.15) is 24.2 Å². The SMILES string of the molecule is CCOC(=O)c1cc(OC(C)=O)c2c(OC)ccc(Br)c2c1. The number of carbonyl (C=O) groups is 2. The van der Waals surface area contributed by atoms with Crippen molar-refractivity contribution in [3.8, 4) is 11.5 Å². The van der Waals surface area contributed by atoms with Gasteiger partial charge in [-0.05, 0) is 31.2 Å². The lowest BCUT2D eigenvalue weighted by Crippen LogP contribution is -2.07. The van der Waals surface area contributed by atoms with E-state index < -0.39 is 11.9 Å². The van der Waals surface area contributed by atoms with Gasteiger partial charge in [0.2, 0.25) is 0 Å². The average molecular weight is 367 g/mol. The van der Waals surface area contributed by atoms with Crippen LogP contribution in [0.25, 0.3) is 10.8 Å². The van der Waals surface area contributed by atoms with E-state index in [1.807, 2.05) is 0 Å². The van der Waals surface area contributed by atoms with Crippen LogP contribution in [0.3, 0.4) is 0 Å². The van der Waals surface area contributed by atoms with Crippen molar-refractivity contribution >= 4 is 38.6 Å². The molecule has 2 aromatic carbocycles. The monoisotopic (exact) mass is 366 g/mol. The molecular formula is C16H15BrO5. The predicted octanol–water partition coefficient (Wildman–Crippen LogP) is 3.71. The summed E-state index contributed by atoms with van der Waals surface area (Å²) in [4.78, 5) is 23.3. The Morgan fingerprint density at radius 3 is 2.50 bits per heavy atom. The molecule has 2 rings (SSSR count). The summed E-state index contributed by atoms with van der Waals surface area (Å²) in [6.07, 6.45) is 0. The van der Waals surface area contributed by atoms with E-state index in [9.17, 15) is 9.59 Å². The molecule has 0 aliphatic heterocycles. The Labute approximate surface area is 136 Å². The molecule has 0 fully saturated rings. The van der Waals surface area contributed by atoms with Crippen molar-refractivity contribution in [2.24, 2.45) is 0 Å². The van der Waals surface area contributed by atoms with E-state index in [1.54, 1.807) is 25.1 Å². The minimum absolute atomic E-state index is 0.256. The maximum absolute atomic E-state index is 12.0. The Balaban J connectivity index is 2.76. The van der Waals surface area contributed by atoms with Crippen LogP contribution in [-0.4, -0.2) is 25.7 Å². The predicted molar refractivity (Wildman–Crippen MR) is 85.5 cm³/mol. The van der Waals surface area contributed by atoms with Crippen molar-refractivity contribution in [1.82, 2.24) is 0 Å². The maximum Gasteiger partial charge on any atom is 0.338 e. The van der Waals surface area contributed by atoms with E-state index in [0.717, 1.165) is 4.47 Å². The van der Waals surface area contributed by atoms with E-state index >= 15 is 0 Å². The standard InChI is InChI=1S/C16H15BrO5/c1-4-21-16(19)10-7-11-12(17)5-6-13(20-3)15(11)14(8-10)22-9(2)18/h5-8H,4H2,1-3H3. The second kappa shape index (κ2) is 6.79. The van der Waals surface area contributed by atoms with Crippen LogP contribution < -0.4 is 9.47 Å². The molecule has 0 radical (unpaired) electrons. The molecule has 5 nitrogen and oxygen atoms in total. The second-order valence-electron chi connectivity index (χ2n) is 4.46. The molecule has 0 saturated heterocycles. The number of esters is 2. The molecule has 0 heterocycles. The van der Waals surface area contributed by atoms with E-state index in [0.29, 0.717) is 22.1 Å². The number of methoxy groups -OCH3 is 1. The lowest BCUT2D eigenvalue weighted by molar-refractivity contribution is -0.131. The molecule has 0 spiro atoms. The summed E-state index contributed by atoms with van der Waals surface area (Å²) in [5.74, 6) is -0.159. The number of benzene rings is 2. The van der Waals surface area contributed by atoms with Crippen molar-refractivity contribution in [2.75, 3.05) is 13.7 Å². The first-order chi connectivity index (χ1) is 10.5. The summed E-state index contributed by atoms with van der Waals surface area (Å²) in [5, 5.41) is 1.31. The van der Waals surface area contributed by atoms with Crippen LogP contribution in [0, 0.1) is 0 Å². The van der Waals surface area contributed by atoms with E-state index in [1.165, 1.54) is 20.1 Å². The van der Waals surface area contributed by atoms with E-state index in [2.05, 4.69) is 15.9 Å². The zero-order valence-corrected chi connectivity index (χ0v) is 14.0. The van der Waals surface area contributed by atoms with Gasteiger partial charge < -0.3 is 14.2 Å². The van der Waals surface area contributed by atoms with Crippen LogP contribution in [-0.2, 0) is 9.53 Å². The molecule has 0 atom stereocenters. The molecule has 0 saturated carbocycles. The zero-order valence-electron chi connectivity index (χ0n) is 12.4. The second-order valence-corrected chi connectivity index (χ2v) is 5.32. The van der Waals surface area contributed by atoms with Gasteiger partial charge in [0.25, 0.3) is 0 Å². The molecule has 0 bridgehead atoms. The van der Waals surface area contributed by atoms with E-state index in [4.69, 9.17) is 14.2 Å². The van der Waals surface area contributed by atoms with Crippen LogP contribution in [0.2, 0.25) is 0 Å². The van der Waals surface area contributed by atoms with Crippen LogP contribution >= 0.6 is 15.9 Å². The van der Waals surface area contributed by atoms with Crippen molar-refractivity contribution in [1.29, 1.82) is 0 Å². The number of carbonyl (C=O) groups excluding carboxylic acids is 2. The average Bonchev–Trinajstić information content (AvgIpc) is 2.47. The van der Waals surface area contributed by atoms with Crippen LogP contribution in [0.5, 0.6) is 11.5 Å². The fraction of sp³-hybridized carbons (Fsp3) is 0.250. The Morgan fingerprint density at radius 2 is 1.91 bits per heavy atom. The fourth-order valence-electron chi connectivity index (χ4n) is 2.12. The first kappa shape index (κ1) is 16.3. The molecule has 0 aliphatic carbocycles. The van der Waals surface area contributed by atoms with Crippen molar-refractivity contribution in [2.45, 2.75) is 13.8 Å². The quantitative estimate of drug-likeness (QED) is 0.609. The van der Waals surface area contributed by atoms with Gasteiger partial charge in [-0.2, -0.15) is 0 Å². The summed E-state index contributed by atoms with van der Waals surface area (Å²) in [7, 11) is 1.53. The highest BCUT2D eigenvalue weighted by Crippen LogP contribution is 2.39. The summed E-state index contributed by atoms with van der Waals surface area (Å²) in [6, 6.07) is 6.71. The Hall–Kier alpha value is -2.08. The molecule has 22 heavy (non-hydrogen) atoms. The van der Waals surface area contributed by atoms with Crippen molar-refractivity contribution < 1.29 is 23.8 Å². The van der Waals surface area contributed by atoms with Gasteiger partial charge in [-0.25, -0.2) is 4.79 Å². The highest BCUT2D eigenvalue weighted by atomic mass is 79.9. The first-order valence-corrected chi connectivity index (χ1v) is 7.43. The summed E-state index contributed by atoms with van der Waals surface area (Å²) in [5.41, 5.74) is 0.305. The topological polar surface area (TPSA) is 61.8 Å². The Kier molecular flexibility index (Phi) is 5.03. The number of hydrogen-bond donors (Lipinski definition) is 0. The minimum Gasteiger partial charge on any atom is -0.496 e. The van der Waals surface area contributed by atoms with Gasteiger partial charge in [-0.1, -0.05) is 15.9 Å². The largest absolute Gasteiger partial charge is 0.496 e. The third-order valence-electron chi connectivity index (χ3n) is 2.97. The molecule has 2 aromatic rings. The Morgan fingerprint density at radius 1 is 1.18 bits per heavy atom. The third kappa shape index (κ3) is 3.22. The maximum atomic E-state index is 12.0. The minimum atomic E-state index is -0.482. The fourth-order valence-corrected chi connectivity index (χ4v) is 2.56. The highest BCUT2D eigenvalue weighted by Gasteiger charge is 2.18. The summed E-state index contributed by atoms with van der Waals surface area (Å²) >= 11 is 3.43. The molecule has 116 valence electrons. The highest BCUT2D eigenvalue weighted by molar-refractivity contribution is 9.10. The normalized spacial score (nSPS) is 10.4. The smallest absolute Gasteiger partial charge is 0.338 e. The number of rotatable bonds is 4. The number of hydrogen-bond acceptors (Lipinski definition) is 5. The molecule has 6 heteroatoms. The van der Waals surface area contributed by atoms with Gasteiger partial charge in [0.15, 0.2) is 0 Å². The van der Waals surface area contributed by atoms with Gasteiger partial charge >= 0.3 is 11.9 Å². The van der Waals surface area contributed by atoms with Crippen molar-refractivity contribution in [3.05, 3.63) is 34.3 Å². The lowest BCUT2D eigenvalue weighted by atomic mass is 10.0. The van der Waals surface area contributed by atoms with Crippen LogP contribution in [0.4, 0.5) is 0 Å². The molecule has 0 unspecified atom stereocenters. The number of halogens is 1.